The minimum Gasteiger partial charge on any atom is -0.465 e. The maximum absolute atomic E-state index is 10.1. The smallest absolute Gasteiger partial charge is 0.293 e. The average molecular weight is 201 g/mol. The first-order valence-corrected chi connectivity index (χ1v) is 4.92. The van der Waals surface area contributed by atoms with E-state index in [1.165, 1.54) is 5.56 Å². The summed E-state index contributed by atoms with van der Waals surface area (Å²) in [6, 6.07) is 9.68. The lowest BCUT2D eigenvalue weighted by molar-refractivity contribution is -0.138. The van der Waals surface area contributed by atoms with Crippen LogP contribution >= 0.6 is 0 Å². The Balaban J connectivity index is 1.96. The third kappa shape index (κ3) is 1.99. The van der Waals surface area contributed by atoms with Gasteiger partial charge in [0.05, 0.1) is 11.6 Å². The van der Waals surface area contributed by atoms with E-state index in [1.54, 1.807) is 0 Å². The number of carbonyl (C=O) groups excluding carboxylic acids is 1. The highest BCUT2D eigenvalue weighted by atomic mass is 16.5. The summed E-state index contributed by atoms with van der Waals surface area (Å²) in [5.74, 6) is 0.475. The Bertz CT molecular complexity index is 385. The van der Waals surface area contributed by atoms with Gasteiger partial charge in [-0.05, 0) is 36.5 Å². The molecule has 0 unspecified atom stereocenters. The van der Waals surface area contributed by atoms with Crippen LogP contribution in [0.25, 0.3) is 0 Å². The Hall–Kier alpha value is -1.82. The van der Waals surface area contributed by atoms with Crippen molar-refractivity contribution < 1.29 is 9.53 Å². The lowest BCUT2D eigenvalue weighted by Gasteiger charge is -2.33. The topological polar surface area (TPSA) is 50.1 Å². The van der Waals surface area contributed by atoms with Crippen LogP contribution in [0.3, 0.4) is 0 Å². The highest BCUT2D eigenvalue weighted by Gasteiger charge is 2.31. The Morgan fingerprint density at radius 1 is 1.33 bits per heavy atom. The lowest BCUT2D eigenvalue weighted by atomic mass is 9.77. The largest absolute Gasteiger partial charge is 0.465 e. The fourth-order valence-electron chi connectivity index (χ4n) is 1.86. The zero-order valence-corrected chi connectivity index (χ0v) is 8.22. The highest BCUT2D eigenvalue weighted by Crippen LogP contribution is 2.38. The van der Waals surface area contributed by atoms with E-state index in [-0.39, 0.29) is 6.10 Å². The predicted molar refractivity (Wildman–Crippen MR) is 54.1 cm³/mol. The van der Waals surface area contributed by atoms with Crippen LogP contribution in [-0.2, 0) is 9.53 Å². The second-order valence-corrected chi connectivity index (χ2v) is 3.76. The minimum atomic E-state index is 0.0862. The highest BCUT2D eigenvalue weighted by molar-refractivity contribution is 5.38. The van der Waals surface area contributed by atoms with Gasteiger partial charge in [0.1, 0.15) is 6.10 Å². The van der Waals surface area contributed by atoms with Crippen molar-refractivity contribution in [1.82, 2.24) is 0 Å². The van der Waals surface area contributed by atoms with Gasteiger partial charge in [0.25, 0.3) is 6.47 Å². The van der Waals surface area contributed by atoms with Crippen LogP contribution < -0.4 is 0 Å². The maximum atomic E-state index is 10.1. The first-order chi connectivity index (χ1) is 7.33. The second kappa shape index (κ2) is 4.14. The minimum absolute atomic E-state index is 0.0862. The van der Waals surface area contributed by atoms with Crippen molar-refractivity contribution in [1.29, 1.82) is 5.26 Å². The molecule has 0 atom stereocenters. The standard InChI is InChI=1S/C12H11NO2/c13-7-9-1-3-10(4-2-9)11-5-12(6-11)15-8-14/h1-4,8,11-12H,5-6H2. The first kappa shape index (κ1) is 9.72. The molecule has 1 aromatic carbocycles. The van der Waals surface area contributed by atoms with E-state index in [9.17, 15) is 4.79 Å². The van der Waals surface area contributed by atoms with Gasteiger partial charge in [0.15, 0.2) is 0 Å². The molecule has 0 heterocycles. The summed E-state index contributed by atoms with van der Waals surface area (Å²) in [4.78, 5) is 10.1. The summed E-state index contributed by atoms with van der Waals surface area (Å²) in [7, 11) is 0. The molecule has 1 aromatic rings. The van der Waals surface area contributed by atoms with Crippen LogP contribution in [0.5, 0.6) is 0 Å². The fraction of sp³-hybridized carbons (Fsp3) is 0.333. The Kier molecular flexibility index (Phi) is 2.68. The number of nitriles is 1. The molecule has 0 amide bonds. The molecule has 0 aliphatic heterocycles. The average Bonchev–Trinajstić information content (AvgIpc) is 2.23. The van der Waals surface area contributed by atoms with Gasteiger partial charge in [0, 0.05) is 0 Å². The van der Waals surface area contributed by atoms with Crippen molar-refractivity contribution in [2.24, 2.45) is 0 Å². The van der Waals surface area contributed by atoms with Gasteiger partial charge in [0.2, 0.25) is 0 Å². The Morgan fingerprint density at radius 2 is 2.00 bits per heavy atom. The number of ether oxygens (including phenoxy) is 1. The number of carbonyl (C=O) groups is 1. The third-order valence-electron chi connectivity index (χ3n) is 2.85. The van der Waals surface area contributed by atoms with Crippen molar-refractivity contribution in [2.45, 2.75) is 24.9 Å². The number of rotatable bonds is 3. The van der Waals surface area contributed by atoms with Crippen LogP contribution in [0.1, 0.15) is 29.9 Å². The molecule has 0 N–H and O–H groups in total. The molecule has 2 rings (SSSR count). The zero-order valence-electron chi connectivity index (χ0n) is 8.22. The molecule has 0 radical (unpaired) electrons. The molecule has 0 spiro atoms. The molecule has 3 heteroatoms. The van der Waals surface area contributed by atoms with Gasteiger partial charge in [-0.25, -0.2) is 0 Å². The molecule has 1 aliphatic rings. The van der Waals surface area contributed by atoms with Crippen LogP contribution in [0.4, 0.5) is 0 Å². The molecule has 1 fully saturated rings. The van der Waals surface area contributed by atoms with Crippen LogP contribution in [0.2, 0.25) is 0 Å². The molecule has 3 nitrogen and oxygen atoms in total. The molecule has 76 valence electrons. The van der Waals surface area contributed by atoms with Crippen molar-refractivity contribution >= 4 is 6.47 Å². The molecule has 0 aromatic heterocycles. The summed E-state index contributed by atoms with van der Waals surface area (Å²) in [5.41, 5.74) is 1.90. The quantitative estimate of drug-likeness (QED) is 0.702. The monoisotopic (exact) mass is 201 g/mol. The van der Waals surface area contributed by atoms with Gasteiger partial charge in [-0.1, -0.05) is 12.1 Å². The number of hydrogen-bond acceptors (Lipinski definition) is 3. The van der Waals surface area contributed by atoms with Crippen molar-refractivity contribution in [3.63, 3.8) is 0 Å². The molecule has 0 saturated heterocycles. The fourth-order valence-corrected chi connectivity index (χ4v) is 1.86. The Labute approximate surface area is 88.3 Å². The van der Waals surface area contributed by atoms with E-state index in [0.717, 1.165) is 12.8 Å². The number of benzene rings is 1. The van der Waals surface area contributed by atoms with Crippen LogP contribution in [0, 0.1) is 11.3 Å². The van der Waals surface area contributed by atoms with Crippen molar-refractivity contribution in [3.8, 4) is 6.07 Å². The summed E-state index contributed by atoms with van der Waals surface area (Å²) in [5, 5.41) is 8.64. The predicted octanol–water partition coefficient (Wildman–Crippen LogP) is 1.98. The van der Waals surface area contributed by atoms with Crippen LogP contribution in [-0.4, -0.2) is 12.6 Å². The lowest BCUT2D eigenvalue weighted by Crippen LogP contribution is -2.29. The molecule has 0 bridgehead atoms. The SMILES string of the molecule is N#Cc1ccc(C2CC(OC=O)C2)cc1. The molecule has 15 heavy (non-hydrogen) atoms. The van der Waals surface area contributed by atoms with Gasteiger partial charge in [-0.15, -0.1) is 0 Å². The van der Waals surface area contributed by atoms with E-state index in [4.69, 9.17) is 10.00 Å². The van der Waals surface area contributed by atoms with E-state index in [2.05, 4.69) is 6.07 Å². The summed E-state index contributed by atoms with van der Waals surface area (Å²) in [6.07, 6.45) is 1.87. The molecule has 1 aliphatic carbocycles. The zero-order chi connectivity index (χ0) is 10.7. The summed E-state index contributed by atoms with van der Waals surface area (Å²) in [6.45, 7) is 0.514. The number of hydrogen-bond donors (Lipinski definition) is 0. The molecule has 1 saturated carbocycles. The second-order valence-electron chi connectivity index (χ2n) is 3.76. The van der Waals surface area contributed by atoms with Crippen molar-refractivity contribution in [3.05, 3.63) is 35.4 Å². The Morgan fingerprint density at radius 3 is 2.53 bits per heavy atom. The van der Waals surface area contributed by atoms with Gasteiger partial charge < -0.3 is 4.74 Å². The number of nitrogens with zero attached hydrogens (tertiary/aromatic N) is 1. The third-order valence-corrected chi connectivity index (χ3v) is 2.85. The molecular weight excluding hydrogens is 190 g/mol. The van der Waals surface area contributed by atoms with Gasteiger partial charge >= 0.3 is 0 Å². The van der Waals surface area contributed by atoms with Crippen molar-refractivity contribution in [2.75, 3.05) is 0 Å². The maximum Gasteiger partial charge on any atom is 0.293 e. The van der Waals surface area contributed by atoms with Crippen LogP contribution in [0.15, 0.2) is 24.3 Å². The molecular formula is C12H11NO2. The first-order valence-electron chi connectivity index (χ1n) is 4.92. The van der Waals surface area contributed by atoms with E-state index in [0.29, 0.717) is 18.0 Å². The van der Waals surface area contributed by atoms with E-state index >= 15 is 0 Å². The summed E-state index contributed by atoms with van der Waals surface area (Å²) >= 11 is 0. The van der Waals surface area contributed by atoms with Gasteiger partial charge in [-0.2, -0.15) is 5.26 Å². The van der Waals surface area contributed by atoms with E-state index in [1.807, 2.05) is 24.3 Å². The summed E-state index contributed by atoms with van der Waals surface area (Å²) < 4.78 is 4.84. The normalized spacial score (nSPS) is 23.7. The van der Waals surface area contributed by atoms with E-state index < -0.39 is 0 Å². The van der Waals surface area contributed by atoms with Gasteiger partial charge in [-0.3, -0.25) is 4.79 Å².